The minimum Gasteiger partial charge on any atom is -0.314 e. The van der Waals surface area contributed by atoms with Gasteiger partial charge in [-0.2, -0.15) is 0 Å². The Balaban J connectivity index is 2.28. The van der Waals surface area contributed by atoms with Gasteiger partial charge in [0.2, 0.25) is 0 Å². The average Bonchev–Trinajstić information content (AvgIpc) is 2.34. The molecule has 0 saturated carbocycles. The fourth-order valence-electron chi connectivity index (χ4n) is 2.01. The molecule has 72 valence electrons. The first-order valence-electron chi connectivity index (χ1n) is 4.47. The summed E-state index contributed by atoms with van der Waals surface area (Å²) in [5.74, 6) is -0.160. The van der Waals surface area contributed by atoms with Crippen molar-refractivity contribution >= 4 is 11.9 Å². The van der Waals surface area contributed by atoms with E-state index in [0.29, 0.717) is 6.54 Å². The zero-order chi connectivity index (χ0) is 9.47. The number of carbonyl (C=O) groups excluding carboxylic acids is 2. The van der Waals surface area contributed by atoms with Crippen LogP contribution in [-0.4, -0.2) is 42.5 Å². The third-order valence-corrected chi connectivity index (χ3v) is 2.95. The van der Waals surface area contributed by atoms with Crippen molar-refractivity contribution in [2.75, 3.05) is 20.1 Å². The lowest BCUT2D eigenvalue weighted by Crippen LogP contribution is -2.57. The molecular formula is C8H13N3O2. The van der Waals surface area contributed by atoms with Crippen LogP contribution in [0.4, 0.5) is 4.79 Å². The smallest absolute Gasteiger partial charge is 0.314 e. The van der Waals surface area contributed by atoms with Crippen molar-refractivity contribution in [3.05, 3.63) is 0 Å². The fourth-order valence-corrected chi connectivity index (χ4v) is 2.01. The minimum absolute atomic E-state index is 0.160. The highest BCUT2D eigenvalue weighted by atomic mass is 16.2. The number of amides is 3. The lowest BCUT2D eigenvalue weighted by atomic mass is 9.89. The molecule has 2 aliphatic heterocycles. The average molecular weight is 183 g/mol. The van der Waals surface area contributed by atoms with Gasteiger partial charge in [0, 0.05) is 13.6 Å². The topological polar surface area (TPSA) is 61.4 Å². The summed E-state index contributed by atoms with van der Waals surface area (Å²) in [7, 11) is 1.67. The van der Waals surface area contributed by atoms with Crippen LogP contribution in [0.3, 0.4) is 0 Å². The quantitative estimate of drug-likeness (QED) is 0.488. The van der Waals surface area contributed by atoms with Crippen LogP contribution in [0.2, 0.25) is 0 Å². The normalized spacial score (nSPS) is 34.1. The molecule has 0 radical (unpaired) electrons. The molecule has 3 amide bonds. The first kappa shape index (κ1) is 8.50. The second-order valence-electron chi connectivity index (χ2n) is 3.63. The summed E-state index contributed by atoms with van der Waals surface area (Å²) in [5.41, 5.74) is -0.616. The Morgan fingerprint density at radius 3 is 2.69 bits per heavy atom. The molecule has 2 fully saturated rings. The summed E-state index contributed by atoms with van der Waals surface area (Å²) in [6.45, 7) is 1.50. The largest absolute Gasteiger partial charge is 0.324 e. The number of hydrogen-bond acceptors (Lipinski definition) is 3. The molecule has 0 bridgehead atoms. The molecule has 1 atom stereocenters. The van der Waals surface area contributed by atoms with Crippen LogP contribution in [-0.2, 0) is 4.79 Å². The van der Waals surface area contributed by atoms with Gasteiger partial charge in [-0.25, -0.2) is 4.79 Å². The number of hydrogen-bond donors (Lipinski definition) is 2. The third-order valence-electron chi connectivity index (χ3n) is 2.95. The summed E-state index contributed by atoms with van der Waals surface area (Å²) < 4.78 is 0. The van der Waals surface area contributed by atoms with Gasteiger partial charge in [-0.1, -0.05) is 0 Å². The molecule has 2 rings (SSSR count). The lowest BCUT2D eigenvalue weighted by Gasteiger charge is -2.36. The molecule has 0 aliphatic carbocycles. The highest BCUT2D eigenvalue weighted by Crippen LogP contribution is 2.26. The highest BCUT2D eigenvalue weighted by molar-refractivity contribution is 6.07. The Morgan fingerprint density at radius 2 is 2.23 bits per heavy atom. The van der Waals surface area contributed by atoms with E-state index in [2.05, 4.69) is 10.6 Å². The Labute approximate surface area is 76.5 Å². The maximum Gasteiger partial charge on any atom is 0.324 e. The third kappa shape index (κ3) is 1.03. The standard InChI is InChI=1S/C8H13N3O2/c1-11-7(13)10-6(12)8(11)3-2-4-9-5-8/h9H,2-5H2,1H3,(H,10,12,13)/t8-/m1/s1. The van der Waals surface area contributed by atoms with Crippen molar-refractivity contribution in [3.63, 3.8) is 0 Å². The van der Waals surface area contributed by atoms with Crippen molar-refractivity contribution in [3.8, 4) is 0 Å². The van der Waals surface area contributed by atoms with E-state index in [1.807, 2.05) is 0 Å². The van der Waals surface area contributed by atoms with E-state index in [1.54, 1.807) is 7.05 Å². The first-order chi connectivity index (χ1) is 6.17. The van der Waals surface area contributed by atoms with Crippen LogP contribution in [0.25, 0.3) is 0 Å². The Morgan fingerprint density at radius 1 is 1.46 bits per heavy atom. The van der Waals surface area contributed by atoms with Crippen molar-refractivity contribution < 1.29 is 9.59 Å². The molecule has 13 heavy (non-hydrogen) atoms. The van der Waals surface area contributed by atoms with Crippen LogP contribution in [0.1, 0.15) is 12.8 Å². The molecule has 5 heteroatoms. The molecule has 5 nitrogen and oxygen atoms in total. The van der Waals surface area contributed by atoms with E-state index in [1.165, 1.54) is 4.90 Å². The molecule has 2 N–H and O–H groups in total. The Hall–Kier alpha value is -1.10. The maximum absolute atomic E-state index is 11.6. The van der Waals surface area contributed by atoms with Crippen LogP contribution < -0.4 is 10.6 Å². The van der Waals surface area contributed by atoms with Crippen LogP contribution in [0, 0.1) is 0 Å². The zero-order valence-corrected chi connectivity index (χ0v) is 7.59. The molecule has 1 spiro atoms. The summed E-state index contributed by atoms with van der Waals surface area (Å²) in [6.07, 6.45) is 1.69. The molecule has 0 unspecified atom stereocenters. The molecule has 0 aromatic carbocycles. The monoisotopic (exact) mass is 183 g/mol. The van der Waals surface area contributed by atoms with Gasteiger partial charge in [-0.15, -0.1) is 0 Å². The number of likely N-dealkylation sites (N-methyl/N-ethyl adjacent to an activating group) is 1. The number of imide groups is 1. The van der Waals surface area contributed by atoms with E-state index in [0.717, 1.165) is 19.4 Å². The minimum atomic E-state index is -0.616. The van der Waals surface area contributed by atoms with Gasteiger partial charge in [-0.05, 0) is 19.4 Å². The van der Waals surface area contributed by atoms with E-state index in [4.69, 9.17) is 0 Å². The first-order valence-corrected chi connectivity index (χ1v) is 4.47. The number of carbonyl (C=O) groups is 2. The second-order valence-corrected chi connectivity index (χ2v) is 3.63. The number of nitrogens with one attached hydrogen (secondary N) is 2. The lowest BCUT2D eigenvalue weighted by molar-refractivity contribution is -0.127. The van der Waals surface area contributed by atoms with Gasteiger partial charge in [0.05, 0.1) is 0 Å². The maximum atomic E-state index is 11.6. The molecule has 2 saturated heterocycles. The van der Waals surface area contributed by atoms with Gasteiger partial charge in [0.1, 0.15) is 5.54 Å². The van der Waals surface area contributed by atoms with E-state index < -0.39 is 5.54 Å². The molecule has 0 aromatic rings. The number of urea groups is 1. The van der Waals surface area contributed by atoms with Gasteiger partial charge in [-0.3, -0.25) is 10.1 Å². The summed E-state index contributed by atoms with van der Waals surface area (Å²) in [4.78, 5) is 24.3. The zero-order valence-electron chi connectivity index (χ0n) is 7.59. The van der Waals surface area contributed by atoms with Gasteiger partial charge < -0.3 is 10.2 Å². The summed E-state index contributed by atoms with van der Waals surface area (Å²) >= 11 is 0. The van der Waals surface area contributed by atoms with Gasteiger partial charge >= 0.3 is 6.03 Å². The Kier molecular flexibility index (Phi) is 1.76. The molecular weight excluding hydrogens is 170 g/mol. The number of rotatable bonds is 0. The molecule has 0 aromatic heterocycles. The van der Waals surface area contributed by atoms with E-state index in [9.17, 15) is 9.59 Å². The van der Waals surface area contributed by atoms with Crippen molar-refractivity contribution in [2.24, 2.45) is 0 Å². The Bertz CT molecular complexity index is 258. The van der Waals surface area contributed by atoms with E-state index in [-0.39, 0.29) is 11.9 Å². The SMILES string of the molecule is CN1C(=O)NC(=O)[C@]12CCCNC2. The molecule has 2 aliphatic rings. The van der Waals surface area contributed by atoms with Gasteiger partial charge in [0.15, 0.2) is 0 Å². The summed E-state index contributed by atoms with van der Waals surface area (Å²) in [5, 5.41) is 5.48. The predicted molar refractivity (Wildman–Crippen MR) is 46.1 cm³/mol. The van der Waals surface area contributed by atoms with Crippen LogP contribution >= 0.6 is 0 Å². The van der Waals surface area contributed by atoms with Crippen LogP contribution in [0.5, 0.6) is 0 Å². The van der Waals surface area contributed by atoms with Crippen molar-refractivity contribution in [1.29, 1.82) is 0 Å². The van der Waals surface area contributed by atoms with Crippen molar-refractivity contribution in [1.82, 2.24) is 15.5 Å². The molecule has 2 heterocycles. The highest BCUT2D eigenvalue weighted by Gasteiger charge is 2.51. The fraction of sp³-hybridized carbons (Fsp3) is 0.750. The van der Waals surface area contributed by atoms with E-state index >= 15 is 0 Å². The van der Waals surface area contributed by atoms with Gasteiger partial charge in [0.25, 0.3) is 5.91 Å². The predicted octanol–water partition coefficient (Wildman–Crippen LogP) is -0.710. The van der Waals surface area contributed by atoms with Crippen LogP contribution in [0.15, 0.2) is 0 Å². The number of piperidine rings is 1. The van der Waals surface area contributed by atoms with Crippen molar-refractivity contribution in [2.45, 2.75) is 18.4 Å². The summed E-state index contributed by atoms with van der Waals surface area (Å²) in [6, 6.07) is -0.284. The number of nitrogens with zero attached hydrogens (tertiary/aromatic N) is 1. The second kappa shape index (κ2) is 2.70.